The van der Waals surface area contributed by atoms with Crippen molar-refractivity contribution >= 4 is 5.71 Å². The van der Waals surface area contributed by atoms with Crippen LogP contribution in [0.4, 0.5) is 0 Å². The van der Waals surface area contributed by atoms with E-state index in [-0.39, 0.29) is 10.6 Å². The van der Waals surface area contributed by atoms with Gasteiger partial charge in [0.05, 0.1) is 0 Å². The number of nitrogens with zero attached hydrogens (tertiary/aromatic N) is 3. The Hall–Kier alpha value is -2.11. The minimum Gasteiger partial charge on any atom is -0.597 e. The highest BCUT2D eigenvalue weighted by molar-refractivity contribution is 6.05. The van der Waals surface area contributed by atoms with Crippen LogP contribution in [0, 0.1) is 5.21 Å². The second kappa shape index (κ2) is 4.61. The smallest absolute Gasteiger partial charge is 0.242 e. The number of hydroxylamine groups is 1. The van der Waals surface area contributed by atoms with E-state index in [0.717, 1.165) is 0 Å². The topological polar surface area (TPSA) is 91.2 Å². The lowest BCUT2D eigenvalue weighted by atomic mass is 9.93. The summed E-state index contributed by atoms with van der Waals surface area (Å²) >= 11 is 0. The molecule has 86 valence electrons. The summed E-state index contributed by atoms with van der Waals surface area (Å²) in [6.07, 6.45) is 0. The van der Waals surface area contributed by atoms with Crippen LogP contribution in [-0.4, -0.2) is 26.5 Å². The number of rotatable bonds is 3. The van der Waals surface area contributed by atoms with Crippen LogP contribution in [0.5, 0.6) is 0 Å². The van der Waals surface area contributed by atoms with Crippen molar-refractivity contribution in [3.63, 3.8) is 0 Å². The van der Waals surface area contributed by atoms with Gasteiger partial charge in [0, 0.05) is 19.4 Å². The molecule has 6 nitrogen and oxygen atoms in total. The summed E-state index contributed by atoms with van der Waals surface area (Å²) in [6, 6.07) is 8.70. The highest BCUT2D eigenvalue weighted by Crippen LogP contribution is 2.17. The molecule has 1 aromatic carbocycles. The van der Waals surface area contributed by atoms with Crippen molar-refractivity contribution in [1.29, 1.82) is 0 Å². The fourth-order valence-electron chi connectivity index (χ4n) is 1.33. The highest BCUT2D eigenvalue weighted by atomic mass is 16.6. The molecule has 0 aliphatic rings. The largest absolute Gasteiger partial charge is 0.597 e. The lowest BCUT2D eigenvalue weighted by molar-refractivity contribution is -0.605. The van der Waals surface area contributed by atoms with Gasteiger partial charge in [-0.05, 0) is 4.86 Å². The Labute approximate surface area is 92.7 Å². The van der Waals surface area contributed by atoms with Gasteiger partial charge in [0.15, 0.2) is 11.0 Å². The maximum Gasteiger partial charge on any atom is 0.242 e. The van der Waals surface area contributed by atoms with Crippen molar-refractivity contribution in [2.45, 2.75) is 19.4 Å². The molecule has 16 heavy (non-hydrogen) atoms. The van der Waals surface area contributed by atoms with E-state index < -0.39 is 5.54 Å². The molecule has 0 unspecified atom stereocenters. The van der Waals surface area contributed by atoms with E-state index in [9.17, 15) is 5.21 Å². The summed E-state index contributed by atoms with van der Waals surface area (Å²) < 4.78 is 0. The molecule has 0 saturated carbocycles. The van der Waals surface area contributed by atoms with Crippen LogP contribution >= 0.6 is 0 Å². The SMILES string of the molecule is CC(C)(/C(=N\O)c1ccccc1)/[N+]([O-])=N/O. The van der Waals surface area contributed by atoms with Gasteiger partial charge in [-0.25, -0.2) is 0 Å². The molecule has 0 radical (unpaired) electrons. The van der Waals surface area contributed by atoms with Crippen LogP contribution in [0.25, 0.3) is 0 Å². The van der Waals surface area contributed by atoms with Crippen molar-refractivity contribution in [3.05, 3.63) is 41.1 Å². The van der Waals surface area contributed by atoms with Gasteiger partial charge in [0.25, 0.3) is 0 Å². The molecule has 1 rings (SSSR count). The van der Waals surface area contributed by atoms with Crippen molar-refractivity contribution < 1.29 is 15.3 Å². The third kappa shape index (κ3) is 2.10. The molecule has 0 fully saturated rings. The second-order valence-electron chi connectivity index (χ2n) is 3.74. The van der Waals surface area contributed by atoms with Crippen LogP contribution in [0.3, 0.4) is 0 Å². The normalized spacial score (nSPS) is 13.9. The Balaban J connectivity index is 3.20. The predicted molar refractivity (Wildman–Crippen MR) is 56.7 cm³/mol. The summed E-state index contributed by atoms with van der Waals surface area (Å²) in [5.41, 5.74) is -0.550. The molecule has 0 aliphatic carbocycles. The molecular formula is C10H13N3O3. The Morgan fingerprint density at radius 3 is 2.25 bits per heavy atom. The molecular weight excluding hydrogens is 210 g/mol. The van der Waals surface area contributed by atoms with Crippen molar-refractivity contribution in [3.8, 4) is 0 Å². The maximum absolute atomic E-state index is 11.3. The average Bonchev–Trinajstić information content (AvgIpc) is 2.30. The van der Waals surface area contributed by atoms with Crippen molar-refractivity contribution in [2.24, 2.45) is 10.4 Å². The van der Waals surface area contributed by atoms with E-state index >= 15 is 0 Å². The zero-order valence-electron chi connectivity index (χ0n) is 9.03. The van der Waals surface area contributed by atoms with E-state index in [4.69, 9.17) is 10.4 Å². The molecule has 0 aromatic heterocycles. The minimum atomic E-state index is -1.26. The van der Waals surface area contributed by atoms with E-state index in [1.165, 1.54) is 13.8 Å². The summed E-state index contributed by atoms with van der Waals surface area (Å²) in [4.78, 5) is 0.0784. The molecule has 0 saturated heterocycles. The van der Waals surface area contributed by atoms with E-state index in [1.807, 2.05) is 0 Å². The predicted octanol–water partition coefficient (Wildman–Crippen LogP) is 2.00. The minimum absolute atomic E-state index is 0.0784. The van der Waals surface area contributed by atoms with Crippen LogP contribution in [-0.2, 0) is 0 Å². The van der Waals surface area contributed by atoms with Crippen molar-refractivity contribution in [2.75, 3.05) is 0 Å². The van der Waals surface area contributed by atoms with Crippen LogP contribution in [0.2, 0.25) is 0 Å². The van der Waals surface area contributed by atoms with Gasteiger partial charge < -0.3 is 15.6 Å². The molecule has 0 amide bonds. The second-order valence-corrected chi connectivity index (χ2v) is 3.74. The van der Waals surface area contributed by atoms with Gasteiger partial charge in [-0.3, -0.25) is 0 Å². The Morgan fingerprint density at radius 1 is 1.25 bits per heavy atom. The Kier molecular flexibility index (Phi) is 3.44. The monoisotopic (exact) mass is 223 g/mol. The van der Waals surface area contributed by atoms with Crippen molar-refractivity contribution in [1.82, 2.24) is 0 Å². The number of hydrogen-bond acceptors (Lipinski definition) is 4. The third-order valence-corrected chi connectivity index (χ3v) is 2.29. The average molecular weight is 223 g/mol. The van der Waals surface area contributed by atoms with Gasteiger partial charge >= 0.3 is 0 Å². The zero-order chi connectivity index (χ0) is 12.2. The summed E-state index contributed by atoms with van der Waals surface area (Å²) in [5, 5.41) is 34.4. The first kappa shape index (κ1) is 12.0. The van der Waals surface area contributed by atoms with Gasteiger partial charge in [-0.2, -0.15) is 0 Å². The molecule has 1 aromatic rings. The number of hydrogen-bond donors (Lipinski definition) is 2. The molecule has 0 spiro atoms. The molecule has 0 atom stereocenters. The van der Waals surface area contributed by atoms with Crippen LogP contribution in [0.1, 0.15) is 19.4 Å². The van der Waals surface area contributed by atoms with E-state index in [2.05, 4.69) is 10.4 Å². The molecule has 0 aliphatic heterocycles. The third-order valence-electron chi connectivity index (χ3n) is 2.29. The maximum atomic E-state index is 11.3. The van der Waals surface area contributed by atoms with Gasteiger partial charge in [-0.1, -0.05) is 35.5 Å². The fraction of sp³-hybridized carbons (Fsp3) is 0.300. The Morgan fingerprint density at radius 2 is 1.81 bits per heavy atom. The highest BCUT2D eigenvalue weighted by Gasteiger charge is 2.37. The van der Waals surface area contributed by atoms with E-state index in [0.29, 0.717) is 5.56 Å². The standard InChI is InChI=1S/C10H13N3O3/c1-10(2,13(16)12-15)9(11-14)8-6-4-3-5-7-8/h3-7,14-15H,1-2H3/b11-9-,13-12-. The van der Waals surface area contributed by atoms with Gasteiger partial charge in [-0.15, -0.1) is 0 Å². The first-order valence-electron chi connectivity index (χ1n) is 4.64. The zero-order valence-corrected chi connectivity index (χ0v) is 9.03. The van der Waals surface area contributed by atoms with Crippen LogP contribution in [0.15, 0.2) is 40.8 Å². The quantitative estimate of drug-likeness (QED) is 0.270. The fourth-order valence-corrected chi connectivity index (χ4v) is 1.33. The van der Waals surface area contributed by atoms with Crippen LogP contribution < -0.4 is 0 Å². The van der Waals surface area contributed by atoms with Gasteiger partial charge in [0.1, 0.15) is 0 Å². The molecule has 0 heterocycles. The Bertz CT molecular complexity index is 413. The lowest BCUT2D eigenvalue weighted by Gasteiger charge is -2.20. The van der Waals surface area contributed by atoms with Gasteiger partial charge in [0.2, 0.25) is 5.54 Å². The summed E-state index contributed by atoms with van der Waals surface area (Å²) in [6.45, 7) is 2.98. The first-order chi connectivity index (χ1) is 7.54. The summed E-state index contributed by atoms with van der Waals surface area (Å²) in [5.74, 6) is 0. The molecule has 2 N–H and O–H groups in total. The number of oxime groups is 1. The number of benzene rings is 1. The van der Waals surface area contributed by atoms with E-state index in [1.54, 1.807) is 30.3 Å². The molecule has 0 bridgehead atoms. The molecule has 6 heteroatoms. The summed E-state index contributed by atoms with van der Waals surface area (Å²) in [7, 11) is 0. The first-order valence-corrected chi connectivity index (χ1v) is 4.64. The lowest BCUT2D eigenvalue weighted by Crippen LogP contribution is -2.41.